The first-order chi connectivity index (χ1) is 12.6. The molecule has 0 radical (unpaired) electrons. The number of rotatable bonds is 2. The largest absolute Gasteiger partial charge is 0.481 e. The molecular formula is C22H32O5. The van der Waals surface area contributed by atoms with E-state index in [-0.39, 0.29) is 29.3 Å². The SMILES string of the molecule is C=C1[C@H]2CC[C@@H]3[C@@](CC[C@H]4[C@@]3(C)[C@@H](OC(C)=O)CC[C@@]4(C)C(=O)O)(C2)[C@H]1O. The highest BCUT2D eigenvalue weighted by Crippen LogP contribution is 2.72. The van der Waals surface area contributed by atoms with Gasteiger partial charge in [0.15, 0.2) is 0 Å². The number of aliphatic carboxylic acids is 1. The van der Waals surface area contributed by atoms with Gasteiger partial charge in [-0.15, -0.1) is 0 Å². The molecule has 0 aliphatic heterocycles. The molecule has 0 aromatic rings. The topological polar surface area (TPSA) is 83.8 Å². The van der Waals surface area contributed by atoms with Crippen molar-refractivity contribution in [2.75, 3.05) is 0 Å². The third-order valence-electron chi connectivity index (χ3n) is 9.13. The maximum atomic E-state index is 12.3. The summed E-state index contributed by atoms with van der Waals surface area (Å²) in [5.41, 5.74) is -0.531. The Morgan fingerprint density at radius 1 is 1.11 bits per heavy atom. The lowest BCUT2D eigenvalue weighted by molar-refractivity contribution is -0.229. The van der Waals surface area contributed by atoms with E-state index in [2.05, 4.69) is 13.5 Å². The first-order valence-electron chi connectivity index (χ1n) is 10.3. The Morgan fingerprint density at radius 3 is 2.44 bits per heavy atom. The lowest BCUT2D eigenvalue weighted by Gasteiger charge is -2.65. The van der Waals surface area contributed by atoms with Crippen LogP contribution in [-0.2, 0) is 14.3 Å². The van der Waals surface area contributed by atoms with Crippen LogP contribution < -0.4 is 0 Å². The molecule has 1 spiro atoms. The minimum absolute atomic E-state index is 0.0613. The molecule has 0 unspecified atom stereocenters. The molecule has 5 heteroatoms. The van der Waals surface area contributed by atoms with E-state index in [9.17, 15) is 19.8 Å². The van der Waals surface area contributed by atoms with Crippen LogP contribution in [0.5, 0.6) is 0 Å². The van der Waals surface area contributed by atoms with Crippen molar-refractivity contribution in [3.8, 4) is 0 Å². The lowest BCUT2D eigenvalue weighted by Crippen LogP contribution is -2.65. The smallest absolute Gasteiger partial charge is 0.309 e. The number of ether oxygens (including phenoxy) is 1. The summed E-state index contributed by atoms with van der Waals surface area (Å²) in [6.45, 7) is 9.64. The normalized spacial score (nSPS) is 51.3. The number of carboxylic acid groups (broad SMARTS) is 1. The number of carbonyl (C=O) groups is 2. The highest BCUT2D eigenvalue weighted by Gasteiger charge is 2.70. The summed E-state index contributed by atoms with van der Waals surface area (Å²) >= 11 is 0. The van der Waals surface area contributed by atoms with E-state index in [1.807, 2.05) is 6.92 Å². The van der Waals surface area contributed by atoms with Gasteiger partial charge in [-0.1, -0.05) is 13.5 Å². The van der Waals surface area contributed by atoms with Gasteiger partial charge in [-0.25, -0.2) is 0 Å². The van der Waals surface area contributed by atoms with Gasteiger partial charge in [0.05, 0.1) is 11.5 Å². The van der Waals surface area contributed by atoms with Crippen LogP contribution in [0, 0.1) is 34.0 Å². The summed E-state index contributed by atoms with van der Waals surface area (Å²) in [5, 5.41) is 21.2. The van der Waals surface area contributed by atoms with E-state index in [1.165, 1.54) is 6.92 Å². The Labute approximate surface area is 161 Å². The minimum Gasteiger partial charge on any atom is -0.481 e. The Kier molecular flexibility index (Phi) is 4.09. The molecule has 8 atom stereocenters. The molecule has 150 valence electrons. The molecule has 4 aliphatic carbocycles. The second kappa shape index (κ2) is 5.82. The summed E-state index contributed by atoms with van der Waals surface area (Å²) in [4.78, 5) is 24.1. The highest BCUT2D eigenvalue weighted by molar-refractivity contribution is 5.75. The van der Waals surface area contributed by atoms with Crippen molar-refractivity contribution in [3.63, 3.8) is 0 Å². The monoisotopic (exact) mass is 376 g/mol. The van der Waals surface area contributed by atoms with Crippen molar-refractivity contribution in [3.05, 3.63) is 12.2 Å². The number of fused-ring (bicyclic) bond motifs is 3. The van der Waals surface area contributed by atoms with Crippen LogP contribution in [0.4, 0.5) is 0 Å². The van der Waals surface area contributed by atoms with E-state index in [4.69, 9.17) is 4.74 Å². The van der Waals surface area contributed by atoms with Crippen molar-refractivity contribution < 1.29 is 24.5 Å². The zero-order chi connectivity index (χ0) is 19.8. The summed E-state index contributed by atoms with van der Waals surface area (Å²) < 4.78 is 5.82. The summed E-state index contributed by atoms with van der Waals surface area (Å²) in [6.07, 6.45) is 4.75. The summed E-state index contributed by atoms with van der Waals surface area (Å²) in [5.74, 6) is -0.589. The lowest BCUT2D eigenvalue weighted by atomic mass is 9.40. The zero-order valence-electron chi connectivity index (χ0n) is 16.7. The molecule has 4 rings (SSSR count). The second-order valence-electron chi connectivity index (χ2n) is 10.1. The number of aliphatic hydroxyl groups is 1. The van der Waals surface area contributed by atoms with Gasteiger partial charge >= 0.3 is 11.9 Å². The molecule has 2 N–H and O–H groups in total. The number of aliphatic hydroxyl groups excluding tert-OH is 1. The summed E-state index contributed by atoms with van der Waals surface area (Å²) in [6, 6.07) is 0. The predicted molar refractivity (Wildman–Crippen MR) is 99.8 cm³/mol. The predicted octanol–water partition coefficient (Wildman–Crippen LogP) is 3.55. The number of carbonyl (C=O) groups excluding carboxylic acids is 1. The van der Waals surface area contributed by atoms with Crippen LogP contribution in [0.3, 0.4) is 0 Å². The quantitative estimate of drug-likeness (QED) is 0.569. The molecule has 0 aromatic heterocycles. The van der Waals surface area contributed by atoms with Crippen LogP contribution in [0.15, 0.2) is 12.2 Å². The Balaban J connectivity index is 1.83. The standard InChI is InChI=1S/C22H32O5/c1-12-14-5-6-16-21(4)15(7-10-22(16,11-14)18(12)24)20(3,19(25)26)9-8-17(21)27-13(2)23/h14-18,24H,1,5-11H2,2-4H3,(H,25,26)/t14-,15+,16-,17-,18-,20+,21+,22+/m0/s1. The van der Waals surface area contributed by atoms with Crippen molar-refractivity contribution in [2.45, 2.75) is 77.9 Å². The highest BCUT2D eigenvalue weighted by atomic mass is 16.5. The first kappa shape index (κ1) is 19.0. The average molecular weight is 376 g/mol. The number of carboxylic acids is 1. The fraction of sp³-hybridized carbons (Fsp3) is 0.818. The third-order valence-corrected chi connectivity index (χ3v) is 9.13. The van der Waals surface area contributed by atoms with Gasteiger partial charge in [-0.05, 0) is 75.2 Å². The van der Waals surface area contributed by atoms with Crippen LogP contribution in [0.1, 0.15) is 65.7 Å². The van der Waals surface area contributed by atoms with Gasteiger partial charge in [0.2, 0.25) is 0 Å². The molecular weight excluding hydrogens is 344 g/mol. The number of hydrogen-bond donors (Lipinski definition) is 2. The van der Waals surface area contributed by atoms with Gasteiger partial charge in [0, 0.05) is 17.8 Å². The van der Waals surface area contributed by atoms with Gasteiger partial charge in [-0.3, -0.25) is 9.59 Å². The molecule has 0 amide bonds. The Morgan fingerprint density at radius 2 is 1.81 bits per heavy atom. The van der Waals surface area contributed by atoms with Crippen molar-refractivity contribution in [1.82, 2.24) is 0 Å². The molecule has 0 heterocycles. The van der Waals surface area contributed by atoms with Gasteiger partial charge in [0.25, 0.3) is 0 Å². The molecule has 0 aromatic carbocycles. The van der Waals surface area contributed by atoms with E-state index in [0.29, 0.717) is 18.8 Å². The maximum Gasteiger partial charge on any atom is 0.309 e. The van der Waals surface area contributed by atoms with E-state index in [0.717, 1.165) is 37.7 Å². The number of esters is 1. The molecule has 27 heavy (non-hydrogen) atoms. The Hall–Kier alpha value is -1.36. The zero-order valence-corrected chi connectivity index (χ0v) is 16.7. The average Bonchev–Trinajstić information content (AvgIpc) is 2.78. The second-order valence-corrected chi connectivity index (χ2v) is 10.1. The fourth-order valence-corrected chi connectivity index (χ4v) is 7.89. The molecule has 4 aliphatic rings. The van der Waals surface area contributed by atoms with E-state index >= 15 is 0 Å². The molecule has 2 bridgehead atoms. The van der Waals surface area contributed by atoms with Crippen molar-refractivity contribution in [1.29, 1.82) is 0 Å². The van der Waals surface area contributed by atoms with Crippen LogP contribution in [0.2, 0.25) is 0 Å². The molecule has 5 nitrogen and oxygen atoms in total. The number of hydrogen-bond acceptors (Lipinski definition) is 4. The van der Waals surface area contributed by atoms with E-state index in [1.54, 1.807) is 0 Å². The fourth-order valence-electron chi connectivity index (χ4n) is 7.89. The Bertz CT molecular complexity index is 701. The van der Waals surface area contributed by atoms with Crippen LogP contribution >= 0.6 is 0 Å². The third kappa shape index (κ3) is 2.27. The van der Waals surface area contributed by atoms with Crippen LogP contribution in [0.25, 0.3) is 0 Å². The van der Waals surface area contributed by atoms with Crippen molar-refractivity contribution >= 4 is 11.9 Å². The van der Waals surface area contributed by atoms with Gasteiger partial charge in [-0.2, -0.15) is 0 Å². The van der Waals surface area contributed by atoms with E-state index < -0.39 is 22.9 Å². The maximum absolute atomic E-state index is 12.3. The van der Waals surface area contributed by atoms with Crippen molar-refractivity contribution in [2.24, 2.45) is 34.0 Å². The van der Waals surface area contributed by atoms with Crippen LogP contribution in [-0.4, -0.2) is 34.4 Å². The molecule has 4 saturated carbocycles. The summed E-state index contributed by atoms with van der Waals surface area (Å²) in [7, 11) is 0. The molecule has 4 fully saturated rings. The van der Waals surface area contributed by atoms with Gasteiger partial charge < -0.3 is 14.9 Å². The minimum atomic E-state index is -0.815. The van der Waals surface area contributed by atoms with Gasteiger partial charge in [0.1, 0.15) is 6.10 Å². The first-order valence-corrected chi connectivity index (χ1v) is 10.3. The molecule has 0 saturated heterocycles.